The largest absolute Gasteiger partial charge is 0.481 e. The first-order valence-corrected chi connectivity index (χ1v) is 11.0. The van der Waals surface area contributed by atoms with E-state index in [9.17, 15) is 9.59 Å². The van der Waals surface area contributed by atoms with Crippen molar-refractivity contribution in [2.75, 3.05) is 6.61 Å². The van der Waals surface area contributed by atoms with Gasteiger partial charge in [-0.3, -0.25) is 9.59 Å². The van der Waals surface area contributed by atoms with Crippen LogP contribution in [0.15, 0.2) is 0 Å². The standard InChI is InChI=1S/C22H42O4/c1-3-5-7-8-11-15-20(14-10-6-4-2)18-19-26-22(25)17-13-9-12-16-21(23)24/h20H,3-19H2,1-2H3,(H,23,24). The number of carbonyl (C=O) groups is 2. The highest BCUT2D eigenvalue weighted by Crippen LogP contribution is 2.21. The summed E-state index contributed by atoms with van der Waals surface area (Å²) in [7, 11) is 0. The summed E-state index contributed by atoms with van der Waals surface area (Å²) in [5, 5.41) is 8.58. The zero-order chi connectivity index (χ0) is 19.5. The molecule has 0 aliphatic carbocycles. The first-order chi connectivity index (χ1) is 12.6. The number of carboxylic acid groups (broad SMARTS) is 1. The number of carboxylic acids is 1. The molecule has 0 fully saturated rings. The van der Waals surface area contributed by atoms with E-state index in [1.165, 1.54) is 64.2 Å². The molecule has 0 aromatic carbocycles. The molecule has 0 aliphatic rings. The highest BCUT2D eigenvalue weighted by molar-refractivity contribution is 5.69. The summed E-state index contributed by atoms with van der Waals surface area (Å²) in [6, 6.07) is 0. The monoisotopic (exact) mass is 370 g/mol. The molecular formula is C22H42O4. The molecule has 1 N–H and O–H groups in total. The second-order valence-electron chi connectivity index (χ2n) is 7.53. The summed E-state index contributed by atoms with van der Waals surface area (Å²) >= 11 is 0. The molecule has 154 valence electrons. The Balaban J connectivity index is 3.83. The Hall–Kier alpha value is -1.06. The van der Waals surface area contributed by atoms with Crippen LogP contribution in [0.3, 0.4) is 0 Å². The van der Waals surface area contributed by atoms with Crippen molar-refractivity contribution in [3.05, 3.63) is 0 Å². The van der Waals surface area contributed by atoms with Gasteiger partial charge in [-0.1, -0.05) is 84.5 Å². The molecule has 0 saturated heterocycles. The highest BCUT2D eigenvalue weighted by Gasteiger charge is 2.10. The highest BCUT2D eigenvalue weighted by atomic mass is 16.5. The van der Waals surface area contributed by atoms with Gasteiger partial charge in [-0.05, 0) is 25.2 Å². The molecule has 4 nitrogen and oxygen atoms in total. The maximum Gasteiger partial charge on any atom is 0.305 e. The second-order valence-corrected chi connectivity index (χ2v) is 7.53. The van der Waals surface area contributed by atoms with Gasteiger partial charge in [0, 0.05) is 12.8 Å². The summed E-state index contributed by atoms with van der Waals surface area (Å²) in [6.45, 7) is 5.02. The maximum atomic E-state index is 11.8. The van der Waals surface area contributed by atoms with Gasteiger partial charge in [0.15, 0.2) is 0 Å². The fourth-order valence-electron chi connectivity index (χ4n) is 3.29. The van der Waals surface area contributed by atoms with E-state index in [2.05, 4.69) is 13.8 Å². The van der Waals surface area contributed by atoms with Crippen molar-refractivity contribution in [2.24, 2.45) is 5.92 Å². The third kappa shape index (κ3) is 17.8. The van der Waals surface area contributed by atoms with Gasteiger partial charge < -0.3 is 9.84 Å². The number of hydrogen-bond acceptors (Lipinski definition) is 3. The molecule has 1 atom stereocenters. The second kappa shape index (κ2) is 18.7. The van der Waals surface area contributed by atoms with Gasteiger partial charge in [-0.15, -0.1) is 0 Å². The molecule has 0 rings (SSSR count). The van der Waals surface area contributed by atoms with Gasteiger partial charge in [0.1, 0.15) is 0 Å². The number of unbranched alkanes of at least 4 members (excludes halogenated alkanes) is 8. The molecule has 0 bridgehead atoms. The van der Waals surface area contributed by atoms with Crippen LogP contribution in [0.25, 0.3) is 0 Å². The summed E-state index contributed by atoms with van der Waals surface area (Å²) in [5.74, 6) is -0.210. The lowest BCUT2D eigenvalue weighted by Crippen LogP contribution is -2.10. The fraction of sp³-hybridized carbons (Fsp3) is 0.909. The minimum absolute atomic E-state index is 0.129. The molecule has 0 saturated carbocycles. The zero-order valence-electron chi connectivity index (χ0n) is 17.3. The SMILES string of the molecule is CCCCCCCC(CCCCC)CCOC(=O)CCCCCC(=O)O. The predicted molar refractivity (Wildman–Crippen MR) is 107 cm³/mol. The average Bonchev–Trinajstić information content (AvgIpc) is 2.60. The number of rotatable bonds is 19. The minimum atomic E-state index is -0.767. The summed E-state index contributed by atoms with van der Waals surface area (Å²) in [5.41, 5.74) is 0. The normalized spacial score (nSPS) is 12.1. The molecule has 0 aromatic rings. The van der Waals surface area contributed by atoms with Crippen LogP contribution in [-0.4, -0.2) is 23.7 Å². The number of aliphatic carboxylic acids is 1. The van der Waals surface area contributed by atoms with E-state index < -0.39 is 5.97 Å². The topological polar surface area (TPSA) is 63.6 Å². The molecule has 0 spiro atoms. The van der Waals surface area contributed by atoms with Gasteiger partial charge in [-0.25, -0.2) is 0 Å². The molecule has 0 amide bonds. The molecule has 0 aliphatic heterocycles. The lowest BCUT2D eigenvalue weighted by atomic mass is 9.92. The first kappa shape index (κ1) is 24.9. The number of ether oxygens (including phenoxy) is 1. The van der Waals surface area contributed by atoms with Crippen molar-refractivity contribution < 1.29 is 19.4 Å². The van der Waals surface area contributed by atoms with Gasteiger partial charge >= 0.3 is 11.9 Å². The summed E-state index contributed by atoms with van der Waals surface area (Å²) in [4.78, 5) is 22.2. The van der Waals surface area contributed by atoms with Crippen LogP contribution in [0.2, 0.25) is 0 Å². The van der Waals surface area contributed by atoms with E-state index in [1.807, 2.05) is 0 Å². The van der Waals surface area contributed by atoms with Crippen molar-refractivity contribution in [1.29, 1.82) is 0 Å². The molecular weight excluding hydrogens is 328 g/mol. The van der Waals surface area contributed by atoms with Crippen LogP contribution in [0.5, 0.6) is 0 Å². The van der Waals surface area contributed by atoms with Gasteiger partial charge in [0.05, 0.1) is 6.61 Å². The Morgan fingerprint density at radius 2 is 1.27 bits per heavy atom. The third-order valence-electron chi connectivity index (χ3n) is 4.99. The Kier molecular flexibility index (Phi) is 18.0. The van der Waals surface area contributed by atoms with Crippen molar-refractivity contribution in [3.8, 4) is 0 Å². The van der Waals surface area contributed by atoms with E-state index in [-0.39, 0.29) is 12.4 Å². The van der Waals surface area contributed by atoms with Crippen molar-refractivity contribution in [1.82, 2.24) is 0 Å². The quantitative estimate of drug-likeness (QED) is 0.208. The van der Waals surface area contributed by atoms with Crippen LogP contribution in [0.4, 0.5) is 0 Å². The number of carbonyl (C=O) groups excluding carboxylic acids is 1. The molecule has 0 radical (unpaired) electrons. The van der Waals surface area contributed by atoms with E-state index in [0.29, 0.717) is 25.4 Å². The van der Waals surface area contributed by atoms with Crippen molar-refractivity contribution in [2.45, 2.75) is 117 Å². The Morgan fingerprint density at radius 3 is 1.92 bits per heavy atom. The van der Waals surface area contributed by atoms with E-state index >= 15 is 0 Å². The Labute approximate surface area is 161 Å². The molecule has 26 heavy (non-hydrogen) atoms. The van der Waals surface area contributed by atoms with Crippen molar-refractivity contribution >= 4 is 11.9 Å². The predicted octanol–water partition coefficient (Wildman–Crippen LogP) is 6.51. The molecule has 0 heterocycles. The summed E-state index contributed by atoms with van der Waals surface area (Å²) in [6.07, 6.45) is 16.7. The number of esters is 1. The third-order valence-corrected chi connectivity index (χ3v) is 4.99. The average molecular weight is 371 g/mol. The van der Waals surface area contributed by atoms with Crippen LogP contribution < -0.4 is 0 Å². The maximum absolute atomic E-state index is 11.8. The van der Waals surface area contributed by atoms with Crippen LogP contribution in [0, 0.1) is 5.92 Å². The smallest absolute Gasteiger partial charge is 0.305 e. The van der Waals surface area contributed by atoms with Gasteiger partial charge in [0.2, 0.25) is 0 Å². The minimum Gasteiger partial charge on any atom is -0.481 e. The van der Waals surface area contributed by atoms with Crippen LogP contribution >= 0.6 is 0 Å². The van der Waals surface area contributed by atoms with E-state index in [0.717, 1.165) is 19.3 Å². The Morgan fingerprint density at radius 1 is 0.731 bits per heavy atom. The Bertz CT molecular complexity index is 341. The first-order valence-electron chi connectivity index (χ1n) is 11.0. The molecule has 4 heteroatoms. The number of hydrogen-bond donors (Lipinski definition) is 1. The molecule has 0 aromatic heterocycles. The van der Waals surface area contributed by atoms with Crippen LogP contribution in [0.1, 0.15) is 117 Å². The lowest BCUT2D eigenvalue weighted by Gasteiger charge is -2.17. The van der Waals surface area contributed by atoms with E-state index in [4.69, 9.17) is 9.84 Å². The van der Waals surface area contributed by atoms with Crippen molar-refractivity contribution in [3.63, 3.8) is 0 Å². The van der Waals surface area contributed by atoms with Gasteiger partial charge in [0.25, 0.3) is 0 Å². The van der Waals surface area contributed by atoms with Crippen LogP contribution in [-0.2, 0) is 14.3 Å². The molecule has 1 unspecified atom stereocenters. The fourth-order valence-corrected chi connectivity index (χ4v) is 3.29. The summed E-state index contributed by atoms with van der Waals surface area (Å²) < 4.78 is 5.40. The van der Waals surface area contributed by atoms with Gasteiger partial charge in [-0.2, -0.15) is 0 Å². The lowest BCUT2D eigenvalue weighted by molar-refractivity contribution is -0.144. The van der Waals surface area contributed by atoms with E-state index in [1.54, 1.807) is 0 Å². The zero-order valence-corrected chi connectivity index (χ0v) is 17.3.